The van der Waals surface area contributed by atoms with Crippen LogP contribution in [-0.4, -0.2) is 30.2 Å². The summed E-state index contributed by atoms with van der Waals surface area (Å²) in [7, 11) is 0. The molecule has 0 spiro atoms. The molecule has 0 aromatic heterocycles. The summed E-state index contributed by atoms with van der Waals surface area (Å²) in [5, 5.41) is 1.69. The molecule has 1 rings (SSSR count). The van der Waals surface area contributed by atoms with Crippen LogP contribution in [0.2, 0.25) is 0 Å². The molecule has 1 aromatic rings. The minimum Gasteiger partial charge on any atom is -0.484 e. The third-order valence-corrected chi connectivity index (χ3v) is 2.21. The molecule has 1 aromatic carbocycles. The Morgan fingerprint density at radius 3 is 2.68 bits per heavy atom. The monoisotopic (exact) mass is 292 g/mol. The van der Waals surface area contributed by atoms with Crippen molar-refractivity contribution in [1.82, 2.24) is 5.32 Å². The van der Waals surface area contributed by atoms with Crippen molar-refractivity contribution >= 4 is 23.1 Å². The van der Waals surface area contributed by atoms with Crippen LogP contribution in [0, 0.1) is 0 Å². The fourth-order valence-electron chi connectivity index (χ4n) is 1.14. The van der Waals surface area contributed by atoms with Gasteiger partial charge in [-0.2, -0.15) is 13.2 Å². The highest BCUT2D eigenvalue weighted by molar-refractivity contribution is 7.80. The molecule has 3 N–H and O–H groups in total. The molecular weight excluding hydrogens is 281 g/mol. The number of amides is 1. The van der Waals surface area contributed by atoms with Gasteiger partial charge in [0.15, 0.2) is 6.61 Å². The Balaban J connectivity index is 2.46. The zero-order valence-electron chi connectivity index (χ0n) is 9.66. The Kier molecular flexibility index (Phi) is 5.11. The van der Waals surface area contributed by atoms with E-state index in [-0.39, 0.29) is 4.99 Å². The topological polar surface area (TPSA) is 64.3 Å². The lowest BCUT2D eigenvalue weighted by Gasteiger charge is -2.10. The van der Waals surface area contributed by atoms with E-state index in [1.54, 1.807) is 23.5 Å². The molecule has 19 heavy (non-hydrogen) atoms. The fraction of sp³-hybridized carbons (Fsp3) is 0.273. The summed E-state index contributed by atoms with van der Waals surface area (Å²) in [6.07, 6.45) is -4.44. The molecule has 0 aliphatic rings. The number of nitrogens with two attached hydrogens (primary N) is 1. The van der Waals surface area contributed by atoms with Crippen molar-refractivity contribution in [2.45, 2.75) is 6.18 Å². The highest BCUT2D eigenvalue weighted by atomic mass is 32.1. The molecule has 0 bridgehead atoms. The first-order chi connectivity index (χ1) is 8.78. The van der Waals surface area contributed by atoms with Crippen molar-refractivity contribution in [2.75, 3.05) is 13.2 Å². The first-order valence-corrected chi connectivity index (χ1v) is 5.55. The van der Waals surface area contributed by atoms with Crippen LogP contribution >= 0.6 is 12.2 Å². The third kappa shape index (κ3) is 6.05. The summed E-state index contributed by atoms with van der Waals surface area (Å²) in [6.45, 7) is -1.90. The Morgan fingerprint density at radius 1 is 1.42 bits per heavy atom. The maximum Gasteiger partial charge on any atom is 0.405 e. The molecule has 4 nitrogen and oxygen atoms in total. The van der Waals surface area contributed by atoms with Gasteiger partial charge in [0.25, 0.3) is 5.91 Å². The number of alkyl halides is 3. The number of halogens is 3. The Hall–Kier alpha value is -1.83. The third-order valence-electron chi connectivity index (χ3n) is 1.97. The average Bonchev–Trinajstić information content (AvgIpc) is 2.33. The van der Waals surface area contributed by atoms with Crippen LogP contribution in [0.15, 0.2) is 24.3 Å². The predicted octanol–water partition coefficient (Wildman–Crippen LogP) is 1.38. The van der Waals surface area contributed by atoms with Crippen molar-refractivity contribution in [3.63, 3.8) is 0 Å². The molecule has 0 radical (unpaired) electrons. The van der Waals surface area contributed by atoms with Crippen LogP contribution in [0.4, 0.5) is 13.2 Å². The van der Waals surface area contributed by atoms with Gasteiger partial charge in [0, 0.05) is 5.56 Å². The lowest BCUT2D eigenvalue weighted by Crippen LogP contribution is -2.36. The lowest BCUT2D eigenvalue weighted by molar-refractivity contribution is -0.139. The van der Waals surface area contributed by atoms with Crippen LogP contribution in [0.3, 0.4) is 0 Å². The van der Waals surface area contributed by atoms with Crippen molar-refractivity contribution in [3.8, 4) is 5.75 Å². The summed E-state index contributed by atoms with van der Waals surface area (Å²) in [5.74, 6) is -0.564. The first-order valence-electron chi connectivity index (χ1n) is 5.14. The van der Waals surface area contributed by atoms with Crippen LogP contribution in [0.5, 0.6) is 5.75 Å². The van der Waals surface area contributed by atoms with Crippen LogP contribution in [0.25, 0.3) is 0 Å². The van der Waals surface area contributed by atoms with E-state index in [0.29, 0.717) is 11.3 Å². The molecule has 0 saturated carbocycles. The van der Waals surface area contributed by atoms with E-state index in [4.69, 9.17) is 22.7 Å². The van der Waals surface area contributed by atoms with Gasteiger partial charge in [0.2, 0.25) is 0 Å². The van der Waals surface area contributed by atoms with E-state index >= 15 is 0 Å². The summed E-state index contributed by atoms with van der Waals surface area (Å²) >= 11 is 4.76. The second-order valence-electron chi connectivity index (χ2n) is 3.57. The number of rotatable bonds is 5. The zero-order valence-corrected chi connectivity index (χ0v) is 10.5. The molecule has 0 unspecified atom stereocenters. The van der Waals surface area contributed by atoms with Crippen molar-refractivity contribution in [3.05, 3.63) is 29.8 Å². The molecule has 0 fully saturated rings. The van der Waals surface area contributed by atoms with Gasteiger partial charge in [-0.05, 0) is 12.1 Å². The van der Waals surface area contributed by atoms with Gasteiger partial charge >= 0.3 is 6.18 Å². The van der Waals surface area contributed by atoms with E-state index in [1.807, 2.05) is 0 Å². The number of hydrogen-bond acceptors (Lipinski definition) is 3. The Labute approximate surface area is 112 Å². The standard InChI is InChI=1S/C11H11F3N2O2S/c12-11(13,14)6-16-9(17)5-18-8-3-1-2-7(4-8)10(15)19/h1-4H,5-6H2,(H2,15,19)(H,16,17). The van der Waals surface area contributed by atoms with Crippen molar-refractivity contribution in [1.29, 1.82) is 0 Å². The Bertz CT molecular complexity index is 477. The van der Waals surface area contributed by atoms with Gasteiger partial charge in [-0.1, -0.05) is 24.4 Å². The summed E-state index contributed by atoms with van der Waals surface area (Å²) in [6, 6.07) is 6.30. The van der Waals surface area contributed by atoms with E-state index in [9.17, 15) is 18.0 Å². The predicted molar refractivity (Wildman–Crippen MR) is 66.9 cm³/mol. The second-order valence-corrected chi connectivity index (χ2v) is 4.01. The smallest absolute Gasteiger partial charge is 0.405 e. The van der Waals surface area contributed by atoms with E-state index in [0.717, 1.165) is 0 Å². The molecule has 0 aliphatic carbocycles. The van der Waals surface area contributed by atoms with E-state index < -0.39 is 25.2 Å². The fourth-order valence-corrected chi connectivity index (χ4v) is 1.26. The van der Waals surface area contributed by atoms with E-state index in [2.05, 4.69) is 0 Å². The largest absolute Gasteiger partial charge is 0.484 e. The van der Waals surface area contributed by atoms with Gasteiger partial charge in [0.05, 0.1) is 0 Å². The molecule has 8 heteroatoms. The zero-order chi connectivity index (χ0) is 14.5. The van der Waals surface area contributed by atoms with Crippen LogP contribution in [0.1, 0.15) is 5.56 Å². The number of thiocarbonyl (C=S) groups is 1. The average molecular weight is 292 g/mol. The maximum atomic E-state index is 11.8. The summed E-state index contributed by atoms with van der Waals surface area (Å²) < 4.78 is 40.5. The van der Waals surface area contributed by atoms with Crippen LogP contribution in [-0.2, 0) is 4.79 Å². The number of carbonyl (C=O) groups excluding carboxylic acids is 1. The molecular formula is C11H11F3N2O2S. The normalized spacial score (nSPS) is 10.9. The lowest BCUT2D eigenvalue weighted by atomic mass is 10.2. The second kappa shape index (κ2) is 6.37. The summed E-state index contributed by atoms with van der Waals surface area (Å²) in [5.41, 5.74) is 5.95. The quantitative estimate of drug-likeness (QED) is 0.805. The number of ether oxygens (including phenoxy) is 1. The van der Waals surface area contributed by atoms with Gasteiger partial charge in [-0.3, -0.25) is 4.79 Å². The minimum atomic E-state index is -4.44. The Morgan fingerprint density at radius 2 is 2.11 bits per heavy atom. The molecule has 0 atom stereocenters. The highest BCUT2D eigenvalue weighted by Gasteiger charge is 2.27. The molecule has 104 valence electrons. The number of carbonyl (C=O) groups is 1. The molecule has 0 heterocycles. The maximum absolute atomic E-state index is 11.8. The number of nitrogens with one attached hydrogen (secondary N) is 1. The van der Waals surface area contributed by atoms with Gasteiger partial charge in [-0.15, -0.1) is 0 Å². The van der Waals surface area contributed by atoms with Gasteiger partial charge in [-0.25, -0.2) is 0 Å². The molecule has 0 aliphatic heterocycles. The van der Waals surface area contributed by atoms with Gasteiger partial charge in [0.1, 0.15) is 17.3 Å². The highest BCUT2D eigenvalue weighted by Crippen LogP contribution is 2.14. The van der Waals surface area contributed by atoms with Crippen molar-refractivity contribution in [2.24, 2.45) is 5.73 Å². The summed E-state index contributed by atoms with van der Waals surface area (Å²) in [4.78, 5) is 11.3. The number of hydrogen-bond donors (Lipinski definition) is 2. The van der Waals surface area contributed by atoms with Gasteiger partial charge < -0.3 is 15.8 Å². The molecule has 1 amide bonds. The first kappa shape index (κ1) is 15.2. The van der Waals surface area contributed by atoms with Crippen LogP contribution < -0.4 is 15.8 Å². The molecule has 0 saturated heterocycles. The number of benzene rings is 1. The van der Waals surface area contributed by atoms with Crippen molar-refractivity contribution < 1.29 is 22.7 Å². The van der Waals surface area contributed by atoms with E-state index in [1.165, 1.54) is 6.07 Å². The minimum absolute atomic E-state index is 0.159. The SMILES string of the molecule is NC(=S)c1cccc(OCC(=O)NCC(F)(F)F)c1.